The number of benzene rings is 1. The lowest BCUT2D eigenvalue weighted by molar-refractivity contribution is 0.209. The van der Waals surface area contributed by atoms with Crippen molar-refractivity contribution < 1.29 is 14.2 Å². The molecule has 0 heterocycles. The van der Waals surface area contributed by atoms with Crippen molar-refractivity contribution in [3.63, 3.8) is 0 Å². The average Bonchev–Trinajstić information content (AvgIpc) is 2.34. The van der Waals surface area contributed by atoms with Gasteiger partial charge >= 0.3 is 0 Å². The predicted octanol–water partition coefficient (Wildman–Crippen LogP) is 1.96. The Kier molecular flexibility index (Phi) is 6.58. The summed E-state index contributed by atoms with van der Waals surface area (Å²) in [6, 6.07) is 6.39. The van der Waals surface area contributed by atoms with Crippen molar-refractivity contribution in [2.45, 2.75) is 25.8 Å². The number of aliphatic hydroxyl groups excluding tert-OH is 1. The highest BCUT2D eigenvalue weighted by Crippen LogP contribution is 2.15. The Morgan fingerprint density at radius 1 is 1.41 bits per heavy atom. The number of nitrogens with one attached hydrogen (secondary N) is 1. The van der Waals surface area contributed by atoms with E-state index in [1.807, 2.05) is 0 Å². The van der Waals surface area contributed by atoms with Crippen LogP contribution in [0.4, 0.5) is 4.39 Å². The second-order valence-electron chi connectivity index (χ2n) is 3.90. The van der Waals surface area contributed by atoms with E-state index in [1.54, 1.807) is 18.2 Å². The Labute approximate surface area is 102 Å². The lowest BCUT2D eigenvalue weighted by Crippen LogP contribution is -2.36. The van der Waals surface area contributed by atoms with Gasteiger partial charge in [0.15, 0.2) is 11.6 Å². The molecule has 17 heavy (non-hydrogen) atoms. The lowest BCUT2D eigenvalue weighted by Gasteiger charge is -2.18. The van der Waals surface area contributed by atoms with Crippen molar-refractivity contribution in [1.29, 1.82) is 0 Å². The first kappa shape index (κ1) is 13.9. The lowest BCUT2D eigenvalue weighted by atomic mass is 10.2. The summed E-state index contributed by atoms with van der Waals surface area (Å²) in [5, 5.41) is 12.2. The number of para-hydroxylation sites is 1. The van der Waals surface area contributed by atoms with Gasteiger partial charge in [-0.25, -0.2) is 4.39 Å². The molecule has 0 aromatic heterocycles. The number of aliphatic hydroxyl groups is 1. The van der Waals surface area contributed by atoms with Crippen LogP contribution in [0.1, 0.15) is 19.8 Å². The van der Waals surface area contributed by atoms with Crippen LogP contribution in [-0.2, 0) is 0 Å². The summed E-state index contributed by atoms with van der Waals surface area (Å²) in [5.74, 6) is -0.0977. The number of rotatable bonds is 8. The summed E-state index contributed by atoms with van der Waals surface area (Å²) < 4.78 is 18.7. The van der Waals surface area contributed by atoms with Crippen molar-refractivity contribution in [2.24, 2.45) is 0 Å². The summed E-state index contributed by atoms with van der Waals surface area (Å²) in [5.41, 5.74) is 0. The van der Waals surface area contributed by atoms with E-state index in [2.05, 4.69) is 12.2 Å². The minimum atomic E-state index is -0.356. The molecule has 1 aromatic carbocycles. The minimum absolute atomic E-state index is 0.0551. The van der Waals surface area contributed by atoms with E-state index in [9.17, 15) is 4.39 Å². The van der Waals surface area contributed by atoms with Crippen LogP contribution in [0.15, 0.2) is 24.3 Å². The third-order valence-corrected chi connectivity index (χ3v) is 2.44. The molecule has 0 amide bonds. The van der Waals surface area contributed by atoms with E-state index in [0.29, 0.717) is 13.0 Å². The van der Waals surface area contributed by atoms with Crippen molar-refractivity contribution >= 4 is 0 Å². The van der Waals surface area contributed by atoms with E-state index in [-0.39, 0.29) is 24.2 Å². The first-order chi connectivity index (χ1) is 8.27. The van der Waals surface area contributed by atoms with Gasteiger partial charge in [0.1, 0.15) is 6.61 Å². The van der Waals surface area contributed by atoms with Gasteiger partial charge in [0.2, 0.25) is 0 Å². The monoisotopic (exact) mass is 241 g/mol. The van der Waals surface area contributed by atoms with Crippen LogP contribution >= 0.6 is 0 Å². The van der Waals surface area contributed by atoms with Crippen LogP contribution < -0.4 is 10.1 Å². The molecule has 4 heteroatoms. The predicted molar refractivity (Wildman–Crippen MR) is 65.7 cm³/mol. The third kappa shape index (κ3) is 5.15. The number of hydrogen-bond donors (Lipinski definition) is 2. The summed E-state index contributed by atoms with van der Waals surface area (Å²) in [4.78, 5) is 0. The van der Waals surface area contributed by atoms with Gasteiger partial charge in [-0.15, -0.1) is 0 Å². The SMILES string of the molecule is CCCNC(CCO)COc1ccccc1F. The Balaban J connectivity index is 2.42. The fraction of sp³-hybridized carbons (Fsp3) is 0.538. The molecule has 0 aliphatic carbocycles. The van der Waals surface area contributed by atoms with Crippen molar-refractivity contribution in [3.05, 3.63) is 30.1 Å². The molecule has 96 valence electrons. The van der Waals surface area contributed by atoms with Gasteiger partial charge in [0, 0.05) is 12.6 Å². The molecule has 0 saturated carbocycles. The molecule has 1 unspecified atom stereocenters. The molecular formula is C13H20FNO2. The maximum atomic E-state index is 13.3. The molecule has 0 saturated heterocycles. The molecule has 1 rings (SSSR count). The van der Waals surface area contributed by atoms with Crippen LogP contribution in [0.5, 0.6) is 5.75 Å². The molecule has 0 aliphatic rings. The van der Waals surface area contributed by atoms with Crippen LogP contribution in [0.25, 0.3) is 0 Å². The zero-order chi connectivity index (χ0) is 12.5. The number of ether oxygens (including phenoxy) is 1. The van der Waals surface area contributed by atoms with Gasteiger partial charge < -0.3 is 15.2 Å². The van der Waals surface area contributed by atoms with Crippen molar-refractivity contribution in [1.82, 2.24) is 5.32 Å². The van der Waals surface area contributed by atoms with Gasteiger partial charge in [-0.3, -0.25) is 0 Å². The fourth-order valence-electron chi connectivity index (χ4n) is 1.50. The second kappa shape index (κ2) is 8.03. The van der Waals surface area contributed by atoms with Crippen molar-refractivity contribution in [2.75, 3.05) is 19.8 Å². The van der Waals surface area contributed by atoms with Crippen LogP contribution in [0.3, 0.4) is 0 Å². The largest absolute Gasteiger partial charge is 0.489 e. The highest BCUT2D eigenvalue weighted by atomic mass is 19.1. The van der Waals surface area contributed by atoms with E-state index in [4.69, 9.17) is 9.84 Å². The molecule has 0 spiro atoms. The molecule has 1 aromatic rings. The molecular weight excluding hydrogens is 221 g/mol. The van der Waals surface area contributed by atoms with Gasteiger partial charge in [-0.1, -0.05) is 19.1 Å². The normalized spacial score (nSPS) is 12.4. The third-order valence-electron chi connectivity index (χ3n) is 2.44. The van der Waals surface area contributed by atoms with Gasteiger partial charge in [0.25, 0.3) is 0 Å². The summed E-state index contributed by atoms with van der Waals surface area (Å²) in [7, 11) is 0. The zero-order valence-corrected chi connectivity index (χ0v) is 10.2. The molecule has 1 atom stereocenters. The van der Waals surface area contributed by atoms with Gasteiger partial charge in [-0.2, -0.15) is 0 Å². The van der Waals surface area contributed by atoms with E-state index >= 15 is 0 Å². The van der Waals surface area contributed by atoms with E-state index in [1.165, 1.54) is 6.07 Å². The van der Waals surface area contributed by atoms with Crippen molar-refractivity contribution in [3.8, 4) is 5.75 Å². The van der Waals surface area contributed by atoms with E-state index in [0.717, 1.165) is 13.0 Å². The minimum Gasteiger partial charge on any atom is -0.489 e. The fourth-order valence-corrected chi connectivity index (χ4v) is 1.50. The van der Waals surface area contributed by atoms with Gasteiger partial charge in [0.05, 0.1) is 0 Å². The van der Waals surface area contributed by atoms with Crippen LogP contribution in [-0.4, -0.2) is 30.9 Å². The average molecular weight is 241 g/mol. The Morgan fingerprint density at radius 2 is 2.18 bits per heavy atom. The molecule has 0 radical (unpaired) electrons. The second-order valence-corrected chi connectivity index (χ2v) is 3.90. The van der Waals surface area contributed by atoms with Gasteiger partial charge in [-0.05, 0) is 31.5 Å². The summed E-state index contributed by atoms with van der Waals surface area (Å²) in [6.07, 6.45) is 1.62. The standard InChI is InChI=1S/C13H20FNO2/c1-2-8-15-11(7-9-16)10-17-13-6-4-3-5-12(13)14/h3-6,11,15-16H,2,7-10H2,1H3. The van der Waals surface area contributed by atoms with E-state index < -0.39 is 0 Å². The summed E-state index contributed by atoms with van der Waals surface area (Å²) >= 11 is 0. The quantitative estimate of drug-likeness (QED) is 0.731. The Hall–Kier alpha value is -1.13. The molecule has 0 aliphatic heterocycles. The molecule has 3 nitrogen and oxygen atoms in total. The van der Waals surface area contributed by atoms with Crippen LogP contribution in [0, 0.1) is 5.82 Å². The molecule has 0 bridgehead atoms. The van der Waals surface area contributed by atoms with Crippen LogP contribution in [0.2, 0.25) is 0 Å². The Morgan fingerprint density at radius 3 is 2.82 bits per heavy atom. The Bertz CT molecular complexity index is 320. The number of hydrogen-bond acceptors (Lipinski definition) is 3. The highest BCUT2D eigenvalue weighted by Gasteiger charge is 2.09. The summed E-state index contributed by atoms with van der Waals surface area (Å²) in [6.45, 7) is 3.40. The maximum Gasteiger partial charge on any atom is 0.165 e. The first-order valence-electron chi connectivity index (χ1n) is 5.99. The molecule has 0 fully saturated rings. The zero-order valence-electron chi connectivity index (χ0n) is 10.2. The first-order valence-corrected chi connectivity index (χ1v) is 5.99. The maximum absolute atomic E-state index is 13.3. The topological polar surface area (TPSA) is 41.5 Å². The smallest absolute Gasteiger partial charge is 0.165 e. The highest BCUT2D eigenvalue weighted by molar-refractivity contribution is 5.23. The number of halogens is 1. The molecule has 2 N–H and O–H groups in total.